The molecule has 0 spiro atoms. The fourth-order valence-electron chi connectivity index (χ4n) is 2.74. The molecule has 0 bridgehead atoms. The molecule has 120 valence electrons. The summed E-state index contributed by atoms with van der Waals surface area (Å²) in [4.78, 5) is 31.3. The van der Waals surface area contributed by atoms with E-state index < -0.39 is 0 Å². The third-order valence-corrected chi connectivity index (χ3v) is 4.00. The van der Waals surface area contributed by atoms with Gasteiger partial charge in [-0.15, -0.1) is 0 Å². The van der Waals surface area contributed by atoms with Gasteiger partial charge in [-0.2, -0.15) is 0 Å². The van der Waals surface area contributed by atoms with Crippen molar-refractivity contribution in [1.29, 1.82) is 0 Å². The quantitative estimate of drug-likeness (QED) is 0.840. The van der Waals surface area contributed by atoms with E-state index in [-0.39, 0.29) is 17.9 Å². The second-order valence-electron chi connectivity index (χ2n) is 5.94. The molecule has 1 saturated heterocycles. The fraction of sp³-hybridized carbons (Fsp3) is 0.562. The normalized spacial score (nSPS) is 18.4. The third kappa shape index (κ3) is 4.27. The highest BCUT2D eigenvalue weighted by atomic mass is 16.2. The summed E-state index contributed by atoms with van der Waals surface area (Å²) in [7, 11) is 3.55. The van der Waals surface area contributed by atoms with Crippen molar-refractivity contribution in [2.24, 2.45) is 5.73 Å². The second kappa shape index (κ2) is 7.35. The van der Waals surface area contributed by atoms with E-state index in [0.717, 1.165) is 30.8 Å². The van der Waals surface area contributed by atoms with Crippen molar-refractivity contribution in [1.82, 2.24) is 14.8 Å². The lowest BCUT2D eigenvalue weighted by molar-refractivity contribution is -0.130. The molecular formula is C16H24N4O2. The van der Waals surface area contributed by atoms with Gasteiger partial charge in [0.05, 0.1) is 18.3 Å². The number of pyridine rings is 1. The number of nitrogens with two attached hydrogens (primary N) is 1. The standard InChI is InChI=1S/C16H24N4O2/c1-19(2)16(22)11-20-10-4-7-14(20)13-6-3-5-12(18-13)8-9-15(17)21/h3,5-6,14H,4,7-11H2,1-2H3,(H2,17,21)/t14-/m1/s1. The number of likely N-dealkylation sites (N-methyl/N-ethyl adjacent to an activating group) is 1. The molecule has 1 aromatic heterocycles. The number of rotatable bonds is 6. The summed E-state index contributed by atoms with van der Waals surface area (Å²) >= 11 is 0. The van der Waals surface area contributed by atoms with Crippen molar-refractivity contribution >= 4 is 11.8 Å². The summed E-state index contributed by atoms with van der Waals surface area (Å²) in [6.07, 6.45) is 2.95. The molecule has 1 aliphatic rings. The predicted molar refractivity (Wildman–Crippen MR) is 84.0 cm³/mol. The summed E-state index contributed by atoms with van der Waals surface area (Å²) in [6, 6.07) is 6.05. The van der Waals surface area contributed by atoms with Gasteiger partial charge in [0, 0.05) is 26.2 Å². The van der Waals surface area contributed by atoms with Crippen LogP contribution in [0.2, 0.25) is 0 Å². The van der Waals surface area contributed by atoms with E-state index in [1.165, 1.54) is 0 Å². The molecule has 1 fully saturated rings. The molecule has 2 rings (SSSR count). The van der Waals surface area contributed by atoms with Crippen LogP contribution in [0.5, 0.6) is 0 Å². The summed E-state index contributed by atoms with van der Waals surface area (Å²) in [5.41, 5.74) is 7.04. The van der Waals surface area contributed by atoms with Crippen LogP contribution in [-0.2, 0) is 16.0 Å². The predicted octanol–water partition coefficient (Wildman–Crippen LogP) is 0.725. The summed E-state index contributed by atoms with van der Waals surface area (Å²) in [5.74, 6) is -0.206. The highest BCUT2D eigenvalue weighted by molar-refractivity contribution is 5.77. The van der Waals surface area contributed by atoms with Crippen LogP contribution in [0.25, 0.3) is 0 Å². The molecule has 6 heteroatoms. The molecule has 0 radical (unpaired) electrons. The highest BCUT2D eigenvalue weighted by Gasteiger charge is 2.29. The minimum atomic E-state index is -0.314. The van der Waals surface area contributed by atoms with Crippen molar-refractivity contribution in [2.45, 2.75) is 31.7 Å². The van der Waals surface area contributed by atoms with E-state index in [4.69, 9.17) is 5.73 Å². The Morgan fingerprint density at radius 2 is 2.18 bits per heavy atom. The maximum atomic E-state index is 11.9. The first-order valence-electron chi connectivity index (χ1n) is 7.65. The molecule has 0 aromatic carbocycles. The number of aromatic nitrogens is 1. The number of hydrogen-bond acceptors (Lipinski definition) is 4. The Bertz CT molecular complexity index is 545. The zero-order chi connectivity index (χ0) is 16.1. The topological polar surface area (TPSA) is 79.5 Å². The molecule has 2 amide bonds. The molecule has 0 unspecified atom stereocenters. The maximum Gasteiger partial charge on any atom is 0.236 e. The number of aryl methyl sites for hydroxylation is 1. The second-order valence-corrected chi connectivity index (χ2v) is 5.94. The minimum absolute atomic E-state index is 0.108. The number of carbonyl (C=O) groups excluding carboxylic acids is 2. The first-order chi connectivity index (χ1) is 10.5. The van der Waals surface area contributed by atoms with Gasteiger partial charge in [-0.05, 0) is 37.9 Å². The zero-order valence-electron chi connectivity index (χ0n) is 13.3. The van der Waals surface area contributed by atoms with Crippen molar-refractivity contribution in [3.05, 3.63) is 29.6 Å². The van der Waals surface area contributed by atoms with Gasteiger partial charge < -0.3 is 10.6 Å². The third-order valence-electron chi connectivity index (χ3n) is 4.00. The number of primary amides is 1. The molecule has 1 aliphatic heterocycles. The smallest absolute Gasteiger partial charge is 0.236 e. The van der Waals surface area contributed by atoms with Gasteiger partial charge in [-0.1, -0.05) is 6.07 Å². The molecule has 6 nitrogen and oxygen atoms in total. The Morgan fingerprint density at radius 1 is 1.41 bits per heavy atom. The monoisotopic (exact) mass is 304 g/mol. The van der Waals surface area contributed by atoms with Gasteiger partial charge in [-0.3, -0.25) is 19.5 Å². The van der Waals surface area contributed by atoms with Gasteiger partial charge in [-0.25, -0.2) is 0 Å². The average Bonchev–Trinajstić information content (AvgIpc) is 2.93. The van der Waals surface area contributed by atoms with Crippen LogP contribution in [0.4, 0.5) is 0 Å². The van der Waals surface area contributed by atoms with Gasteiger partial charge in [0.1, 0.15) is 0 Å². The van der Waals surface area contributed by atoms with Crippen LogP contribution >= 0.6 is 0 Å². The van der Waals surface area contributed by atoms with Crippen LogP contribution in [-0.4, -0.2) is 53.8 Å². The first kappa shape index (κ1) is 16.4. The SMILES string of the molecule is CN(C)C(=O)CN1CCC[C@@H]1c1cccc(CCC(N)=O)n1. The van der Waals surface area contributed by atoms with Crippen LogP contribution in [0.1, 0.15) is 36.7 Å². The summed E-state index contributed by atoms with van der Waals surface area (Å²) < 4.78 is 0. The first-order valence-corrected chi connectivity index (χ1v) is 7.65. The maximum absolute atomic E-state index is 11.9. The van der Waals surface area contributed by atoms with Crippen LogP contribution < -0.4 is 5.73 Å². The van der Waals surface area contributed by atoms with E-state index in [9.17, 15) is 9.59 Å². The van der Waals surface area contributed by atoms with E-state index >= 15 is 0 Å². The summed E-state index contributed by atoms with van der Waals surface area (Å²) in [5, 5.41) is 0. The molecule has 0 aliphatic carbocycles. The van der Waals surface area contributed by atoms with Crippen LogP contribution in [0.15, 0.2) is 18.2 Å². The molecule has 2 N–H and O–H groups in total. The lowest BCUT2D eigenvalue weighted by Gasteiger charge is -2.25. The van der Waals surface area contributed by atoms with Crippen molar-refractivity contribution < 1.29 is 9.59 Å². The van der Waals surface area contributed by atoms with E-state index in [2.05, 4.69) is 9.88 Å². The minimum Gasteiger partial charge on any atom is -0.370 e. The van der Waals surface area contributed by atoms with Gasteiger partial charge in [0.2, 0.25) is 11.8 Å². The number of amides is 2. The van der Waals surface area contributed by atoms with E-state index in [1.807, 2.05) is 18.2 Å². The van der Waals surface area contributed by atoms with E-state index in [0.29, 0.717) is 19.4 Å². The lowest BCUT2D eigenvalue weighted by atomic mass is 10.1. The van der Waals surface area contributed by atoms with Crippen LogP contribution in [0.3, 0.4) is 0 Å². The Kier molecular flexibility index (Phi) is 5.49. The van der Waals surface area contributed by atoms with Gasteiger partial charge in [0.25, 0.3) is 0 Å². The molecule has 22 heavy (non-hydrogen) atoms. The van der Waals surface area contributed by atoms with Crippen molar-refractivity contribution in [3.8, 4) is 0 Å². The van der Waals surface area contributed by atoms with Crippen LogP contribution in [0, 0.1) is 0 Å². The zero-order valence-corrected chi connectivity index (χ0v) is 13.3. The molecule has 1 atom stereocenters. The lowest BCUT2D eigenvalue weighted by Crippen LogP contribution is -2.36. The van der Waals surface area contributed by atoms with Gasteiger partial charge in [0.15, 0.2) is 0 Å². The Labute approximate surface area is 131 Å². The molecule has 0 saturated carbocycles. The van der Waals surface area contributed by atoms with E-state index in [1.54, 1.807) is 19.0 Å². The Hall–Kier alpha value is -1.95. The average molecular weight is 304 g/mol. The Morgan fingerprint density at radius 3 is 2.86 bits per heavy atom. The number of nitrogens with zero attached hydrogens (tertiary/aromatic N) is 3. The van der Waals surface area contributed by atoms with Crippen molar-refractivity contribution in [3.63, 3.8) is 0 Å². The van der Waals surface area contributed by atoms with Gasteiger partial charge >= 0.3 is 0 Å². The number of carbonyl (C=O) groups is 2. The van der Waals surface area contributed by atoms with Crippen molar-refractivity contribution in [2.75, 3.05) is 27.2 Å². The highest BCUT2D eigenvalue weighted by Crippen LogP contribution is 2.30. The summed E-state index contributed by atoms with van der Waals surface area (Å²) in [6.45, 7) is 1.34. The Balaban J connectivity index is 2.07. The fourth-order valence-corrected chi connectivity index (χ4v) is 2.74. The molecule has 1 aromatic rings. The molecule has 2 heterocycles. The number of likely N-dealkylation sites (tertiary alicyclic amines) is 1. The largest absolute Gasteiger partial charge is 0.370 e. The molecular weight excluding hydrogens is 280 g/mol. The number of hydrogen-bond donors (Lipinski definition) is 1.